The van der Waals surface area contributed by atoms with Crippen LogP contribution in [0.3, 0.4) is 0 Å². The van der Waals surface area contributed by atoms with Crippen molar-refractivity contribution in [3.63, 3.8) is 0 Å². The topological polar surface area (TPSA) is 27.6 Å². The standard InChI is InChI=1S/C23H20F3N3/c24-23(25,26)20-14-8-7-11-18(20)15-27-22-28-21(17-9-3-1-4-10-17)16-29(22)19-12-5-2-6-13-19/h1-14,21H,15-16H2,(H,27,28)/t21-/m1/s1. The van der Waals surface area contributed by atoms with Gasteiger partial charge in [0.15, 0.2) is 5.96 Å². The molecule has 0 aromatic heterocycles. The highest BCUT2D eigenvalue weighted by Gasteiger charge is 2.33. The maximum Gasteiger partial charge on any atom is 0.416 e. The zero-order chi connectivity index (χ0) is 20.3. The molecule has 0 saturated carbocycles. The highest BCUT2D eigenvalue weighted by molar-refractivity contribution is 5.98. The third kappa shape index (κ3) is 4.26. The van der Waals surface area contributed by atoms with E-state index >= 15 is 0 Å². The van der Waals surface area contributed by atoms with Crippen molar-refractivity contribution in [1.29, 1.82) is 0 Å². The van der Waals surface area contributed by atoms with Gasteiger partial charge in [-0.25, -0.2) is 4.99 Å². The Bertz CT molecular complexity index is 985. The van der Waals surface area contributed by atoms with Crippen LogP contribution in [0.1, 0.15) is 22.7 Å². The van der Waals surface area contributed by atoms with Gasteiger partial charge in [0.2, 0.25) is 0 Å². The van der Waals surface area contributed by atoms with E-state index in [1.807, 2.05) is 65.6 Å². The van der Waals surface area contributed by atoms with Crippen molar-refractivity contribution in [1.82, 2.24) is 5.32 Å². The molecule has 1 heterocycles. The highest BCUT2D eigenvalue weighted by atomic mass is 19.4. The molecule has 0 saturated heterocycles. The van der Waals surface area contributed by atoms with E-state index in [1.54, 1.807) is 6.07 Å². The molecule has 1 atom stereocenters. The molecule has 0 radical (unpaired) electrons. The maximum atomic E-state index is 13.3. The molecule has 0 fully saturated rings. The van der Waals surface area contributed by atoms with E-state index in [0.717, 1.165) is 17.3 Å². The monoisotopic (exact) mass is 395 g/mol. The largest absolute Gasteiger partial charge is 0.416 e. The number of halogens is 3. The number of anilines is 1. The smallest absolute Gasteiger partial charge is 0.352 e. The van der Waals surface area contributed by atoms with E-state index in [-0.39, 0.29) is 18.2 Å². The quantitative estimate of drug-likeness (QED) is 0.639. The molecule has 0 unspecified atom stereocenters. The molecule has 0 aliphatic carbocycles. The average molecular weight is 395 g/mol. The van der Waals surface area contributed by atoms with Crippen molar-refractivity contribution in [2.45, 2.75) is 18.8 Å². The van der Waals surface area contributed by atoms with E-state index in [0.29, 0.717) is 12.5 Å². The molecule has 0 amide bonds. The van der Waals surface area contributed by atoms with Gasteiger partial charge in [0.05, 0.1) is 18.2 Å². The summed E-state index contributed by atoms with van der Waals surface area (Å²) in [5, 5.41) is 3.13. The van der Waals surface area contributed by atoms with Gasteiger partial charge in [0.1, 0.15) is 0 Å². The van der Waals surface area contributed by atoms with Gasteiger partial charge in [-0.1, -0.05) is 66.7 Å². The minimum atomic E-state index is -4.39. The molecule has 6 heteroatoms. The molecule has 1 N–H and O–H groups in total. The maximum absolute atomic E-state index is 13.3. The van der Waals surface area contributed by atoms with Crippen LogP contribution in [0.25, 0.3) is 0 Å². The fourth-order valence-corrected chi connectivity index (χ4v) is 3.47. The second kappa shape index (κ2) is 7.99. The molecule has 1 aliphatic rings. The van der Waals surface area contributed by atoms with Gasteiger partial charge in [-0.2, -0.15) is 13.2 Å². The molecular formula is C23H20F3N3. The van der Waals surface area contributed by atoms with Crippen LogP contribution in [0.5, 0.6) is 0 Å². The second-order valence-electron chi connectivity index (χ2n) is 6.83. The third-order valence-corrected chi connectivity index (χ3v) is 4.90. The Morgan fingerprint density at radius 3 is 2.17 bits per heavy atom. The predicted molar refractivity (Wildman–Crippen MR) is 109 cm³/mol. The van der Waals surface area contributed by atoms with Crippen molar-refractivity contribution < 1.29 is 13.2 Å². The molecule has 148 valence electrons. The number of para-hydroxylation sites is 1. The first-order chi connectivity index (χ1) is 14.0. The molecule has 1 aliphatic heterocycles. The summed E-state index contributed by atoms with van der Waals surface area (Å²) in [6.07, 6.45) is -4.39. The van der Waals surface area contributed by atoms with Crippen molar-refractivity contribution in [3.8, 4) is 0 Å². The second-order valence-corrected chi connectivity index (χ2v) is 6.83. The Morgan fingerprint density at radius 2 is 1.48 bits per heavy atom. The number of nitrogens with one attached hydrogen (secondary N) is 1. The number of rotatable bonds is 4. The van der Waals surface area contributed by atoms with E-state index in [4.69, 9.17) is 4.99 Å². The van der Waals surface area contributed by atoms with Crippen molar-refractivity contribution in [2.24, 2.45) is 4.99 Å². The zero-order valence-electron chi connectivity index (χ0n) is 15.6. The normalized spacial score (nSPS) is 16.6. The summed E-state index contributed by atoms with van der Waals surface area (Å²) in [6, 6.07) is 25.2. The first-order valence-corrected chi connectivity index (χ1v) is 9.36. The van der Waals surface area contributed by atoms with E-state index in [1.165, 1.54) is 12.1 Å². The van der Waals surface area contributed by atoms with Crippen molar-refractivity contribution >= 4 is 11.6 Å². The average Bonchev–Trinajstić information content (AvgIpc) is 3.17. The minimum absolute atomic E-state index is 0.0410. The first kappa shape index (κ1) is 19.1. The summed E-state index contributed by atoms with van der Waals surface area (Å²) >= 11 is 0. The number of hydrogen-bond acceptors (Lipinski definition) is 3. The predicted octanol–water partition coefficient (Wildman–Crippen LogP) is 5.41. The number of aliphatic imine (C=N–C) groups is 1. The van der Waals surface area contributed by atoms with Crippen LogP contribution in [0.4, 0.5) is 18.9 Å². The summed E-state index contributed by atoms with van der Waals surface area (Å²) < 4.78 is 39.9. The van der Waals surface area contributed by atoms with Crippen molar-refractivity contribution in [3.05, 3.63) is 102 Å². The van der Waals surface area contributed by atoms with E-state index in [2.05, 4.69) is 5.32 Å². The lowest BCUT2D eigenvalue weighted by atomic mass is 10.1. The Hall–Kier alpha value is -3.28. The Balaban J connectivity index is 1.61. The lowest BCUT2D eigenvalue weighted by Gasteiger charge is -2.22. The number of benzene rings is 3. The molecule has 4 rings (SSSR count). The molecular weight excluding hydrogens is 375 g/mol. The van der Waals surface area contributed by atoms with Gasteiger partial charge in [0, 0.05) is 12.2 Å². The molecule has 3 aromatic carbocycles. The van der Waals surface area contributed by atoms with Gasteiger partial charge in [-0.15, -0.1) is 0 Å². The van der Waals surface area contributed by atoms with Crippen LogP contribution >= 0.6 is 0 Å². The number of alkyl halides is 3. The van der Waals surface area contributed by atoms with Gasteiger partial charge >= 0.3 is 6.18 Å². The van der Waals surface area contributed by atoms with Gasteiger partial charge < -0.3 is 10.2 Å². The summed E-state index contributed by atoms with van der Waals surface area (Å²) in [7, 11) is 0. The summed E-state index contributed by atoms with van der Waals surface area (Å²) in [4.78, 5) is 6.78. The number of nitrogens with zero attached hydrogens (tertiary/aromatic N) is 2. The SMILES string of the molecule is FC(F)(F)c1ccccc1CNC1=N[C@@H](c2ccccc2)CN1c1ccccc1. The van der Waals surface area contributed by atoms with Crippen LogP contribution in [0, 0.1) is 0 Å². The van der Waals surface area contributed by atoms with Crippen LogP contribution in [-0.2, 0) is 12.7 Å². The summed E-state index contributed by atoms with van der Waals surface area (Å²) in [5.41, 5.74) is 1.58. The zero-order valence-corrected chi connectivity index (χ0v) is 15.6. The van der Waals surface area contributed by atoms with Crippen molar-refractivity contribution in [2.75, 3.05) is 11.4 Å². The minimum Gasteiger partial charge on any atom is -0.352 e. The van der Waals surface area contributed by atoms with E-state index in [9.17, 15) is 13.2 Å². The molecule has 0 bridgehead atoms. The summed E-state index contributed by atoms with van der Waals surface area (Å²) in [5.74, 6) is 0.571. The molecule has 3 nitrogen and oxygen atoms in total. The lowest BCUT2D eigenvalue weighted by Crippen LogP contribution is -2.38. The van der Waals surface area contributed by atoms with Gasteiger partial charge in [0.25, 0.3) is 0 Å². The first-order valence-electron chi connectivity index (χ1n) is 9.36. The van der Waals surface area contributed by atoms with Gasteiger partial charge in [-0.05, 0) is 29.3 Å². The van der Waals surface area contributed by atoms with Gasteiger partial charge in [-0.3, -0.25) is 0 Å². The Kier molecular flexibility index (Phi) is 5.25. The van der Waals surface area contributed by atoms with Crippen LogP contribution in [-0.4, -0.2) is 12.5 Å². The molecule has 3 aromatic rings. The lowest BCUT2D eigenvalue weighted by molar-refractivity contribution is -0.138. The van der Waals surface area contributed by atoms with Crippen LogP contribution in [0.2, 0.25) is 0 Å². The number of hydrogen-bond donors (Lipinski definition) is 1. The Labute approximate surface area is 167 Å². The highest BCUT2D eigenvalue weighted by Crippen LogP contribution is 2.32. The third-order valence-electron chi connectivity index (χ3n) is 4.90. The van der Waals surface area contributed by atoms with Crippen LogP contribution < -0.4 is 10.2 Å². The molecule has 0 spiro atoms. The summed E-state index contributed by atoms with van der Waals surface area (Å²) in [6.45, 7) is 0.663. The molecule has 29 heavy (non-hydrogen) atoms. The fourth-order valence-electron chi connectivity index (χ4n) is 3.47. The fraction of sp³-hybridized carbons (Fsp3) is 0.174. The number of guanidine groups is 1. The van der Waals surface area contributed by atoms with E-state index < -0.39 is 11.7 Å². The Morgan fingerprint density at radius 1 is 0.862 bits per heavy atom. The van der Waals surface area contributed by atoms with Crippen LogP contribution in [0.15, 0.2) is 89.9 Å².